The normalized spacial score (nSPS) is 13.2. The van der Waals surface area contributed by atoms with E-state index in [2.05, 4.69) is 25.0 Å². The van der Waals surface area contributed by atoms with Crippen LogP contribution in [0.1, 0.15) is 0 Å². The number of thioether (sulfide) groups is 4. The van der Waals surface area contributed by atoms with E-state index in [4.69, 9.17) is 0 Å². The highest BCUT2D eigenvalue weighted by molar-refractivity contribution is 8.02. The van der Waals surface area contributed by atoms with Gasteiger partial charge in [-0.05, 0) is 25.0 Å². The highest BCUT2D eigenvalue weighted by Crippen LogP contribution is 2.61. The lowest BCUT2D eigenvalue weighted by molar-refractivity contribution is 1.95. The molecule has 0 amide bonds. The first-order valence-electron chi connectivity index (χ1n) is 8.90. The molecule has 152 valence electrons. The molecule has 0 saturated carbocycles. The van der Waals surface area contributed by atoms with Crippen LogP contribution in [0.25, 0.3) is 59.1 Å². The SMILES string of the molecule is CSc1sc2c3sc(SC)c4sc5c(SC)sc(c6sc(SC)c7sc1c2c76)c5c43. The zero-order valence-corrected chi connectivity index (χ0v) is 24.2. The van der Waals surface area contributed by atoms with Crippen molar-refractivity contribution in [2.75, 3.05) is 25.0 Å². The minimum Gasteiger partial charge on any atom is -0.131 e. The van der Waals surface area contributed by atoms with Crippen LogP contribution in [-0.2, 0) is 0 Å². The van der Waals surface area contributed by atoms with Crippen molar-refractivity contribution in [3.05, 3.63) is 0 Å². The van der Waals surface area contributed by atoms with E-state index >= 15 is 0 Å². The molecule has 0 bridgehead atoms. The maximum absolute atomic E-state index is 2.24. The largest absolute Gasteiger partial charge is 0.131 e. The fourth-order valence-electron chi connectivity index (χ4n) is 4.24. The van der Waals surface area contributed by atoms with Crippen LogP contribution in [0.5, 0.6) is 0 Å². The van der Waals surface area contributed by atoms with E-state index < -0.39 is 0 Å². The average molecular weight is 573 g/mol. The predicted octanol–water partition coefficient (Wildman–Crippen LogP) is 11.3. The Bertz CT molecular complexity index is 1490. The third-order valence-electron chi connectivity index (χ3n) is 5.40. The van der Waals surface area contributed by atoms with E-state index in [1.54, 1.807) is 0 Å². The molecule has 7 rings (SSSR count). The second-order valence-corrected chi connectivity index (χ2v) is 17.1. The third-order valence-corrected chi connectivity index (χ3v) is 18.4. The van der Waals surface area contributed by atoms with Crippen molar-refractivity contribution >= 4 is 174 Å². The Morgan fingerprint density at radius 1 is 0.333 bits per heavy atom. The maximum atomic E-state index is 2.24. The van der Waals surface area contributed by atoms with E-state index in [0.717, 1.165) is 0 Å². The summed E-state index contributed by atoms with van der Waals surface area (Å²) < 4.78 is 18.1. The average Bonchev–Trinajstić information content (AvgIpc) is 3.53. The number of hydrogen-bond acceptors (Lipinski definition) is 10. The number of rotatable bonds is 4. The van der Waals surface area contributed by atoms with Gasteiger partial charge in [0.2, 0.25) is 0 Å². The molecule has 0 atom stereocenters. The van der Waals surface area contributed by atoms with Gasteiger partial charge in [-0.2, -0.15) is 0 Å². The van der Waals surface area contributed by atoms with Crippen molar-refractivity contribution in [3.8, 4) is 0 Å². The van der Waals surface area contributed by atoms with Crippen LogP contribution in [0.3, 0.4) is 0 Å². The second-order valence-electron chi connectivity index (χ2n) is 6.71. The first kappa shape index (κ1) is 20.1. The molecule has 6 heterocycles. The summed E-state index contributed by atoms with van der Waals surface area (Å²) in [6.07, 6.45) is 8.94. The first-order valence-corrected chi connectivity index (χ1v) is 18.7. The Hall–Kier alpha value is 0.640. The van der Waals surface area contributed by atoms with Crippen molar-refractivity contribution < 1.29 is 0 Å². The van der Waals surface area contributed by atoms with E-state index in [1.807, 2.05) is 115 Å². The van der Waals surface area contributed by atoms with Crippen molar-refractivity contribution in [2.24, 2.45) is 0 Å². The third kappa shape index (κ3) is 2.34. The van der Waals surface area contributed by atoms with Crippen LogP contribution in [-0.4, -0.2) is 25.0 Å². The van der Waals surface area contributed by atoms with Crippen LogP contribution < -0.4 is 0 Å². The summed E-state index contributed by atoms with van der Waals surface area (Å²) in [6, 6.07) is 0. The van der Waals surface area contributed by atoms with E-state index in [-0.39, 0.29) is 0 Å². The van der Waals surface area contributed by atoms with Crippen LogP contribution in [0.15, 0.2) is 16.8 Å². The van der Waals surface area contributed by atoms with Gasteiger partial charge in [-0.3, -0.25) is 0 Å². The van der Waals surface area contributed by atoms with E-state index in [9.17, 15) is 0 Å². The van der Waals surface area contributed by atoms with Crippen LogP contribution in [0, 0.1) is 0 Å². The van der Waals surface area contributed by atoms with Gasteiger partial charge in [0.05, 0.1) is 54.4 Å². The standard InChI is InChI=1S/C20H12S10/c1-21-17-13-5-6-11(29-18(22-2)14(6)25-13)12-8-7-10(9(5)27-17)28-19(23-3)15(7)26-16(8)20(24-4)30-12/h1-4H3. The fraction of sp³-hybridized carbons (Fsp3) is 0.200. The molecule has 0 nitrogen and oxygen atoms in total. The molecule has 0 aliphatic heterocycles. The van der Waals surface area contributed by atoms with E-state index in [1.165, 1.54) is 76.0 Å². The molecular weight excluding hydrogens is 561 g/mol. The Labute approximate surface area is 213 Å². The van der Waals surface area contributed by atoms with Gasteiger partial charge in [0.1, 0.15) is 0 Å². The van der Waals surface area contributed by atoms with Crippen LogP contribution in [0.2, 0.25) is 0 Å². The molecule has 10 heteroatoms. The Kier molecular flexibility index (Phi) is 4.73. The van der Waals surface area contributed by atoms with Crippen molar-refractivity contribution in [1.29, 1.82) is 0 Å². The smallest absolute Gasteiger partial charge is 0.0782 e. The summed E-state index contributed by atoms with van der Waals surface area (Å²) in [7, 11) is 0. The topological polar surface area (TPSA) is 0 Å². The molecular formula is C20H12S10. The number of thiophene rings is 6. The van der Waals surface area contributed by atoms with Crippen molar-refractivity contribution in [1.82, 2.24) is 0 Å². The molecule has 0 spiro atoms. The van der Waals surface area contributed by atoms with Gasteiger partial charge in [0.15, 0.2) is 0 Å². The Balaban J connectivity index is 1.93. The lowest BCUT2D eigenvalue weighted by atomic mass is 10.1. The molecule has 7 aromatic rings. The van der Waals surface area contributed by atoms with Crippen LogP contribution in [0.4, 0.5) is 0 Å². The molecule has 0 aliphatic carbocycles. The molecule has 6 aromatic heterocycles. The van der Waals surface area contributed by atoms with Crippen molar-refractivity contribution in [2.45, 2.75) is 16.8 Å². The second kappa shape index (κ2) is 7.07. The predicted molar refractivity (Wildman–Crippen MR) is 157 cm³/mol. The monoisotopic (exact) mass is 572 g/mol. The summed E-state index contributed by atoms with van der Waals surface area (Å²) >= 11 is 19.8. The zero-order chi connectivity index (χ0) is 20.3. The molecule has 1 aromatic carbocycles. The highest BCUT2D eigenvalue weighted by atomic mass is 32.2. The van der Waals surface area contributed by atoms with Crippen molar-refractivity contribution in [3.63, 3.8) is 0 Å². The summed E-state index contributed by atoms with van der Waals surface area (Å²) in [5.74, 6) is 0. The number of fused-ring (bicyclic) bond motifs is 2. The quantitative estimate of drug-likeness (QED) is 0.192. The summed E-state index contributed by atoms with van der Waals surface area (Å²) in [5.41, 5.74) is 0. The van der Waals surface area contributed by atoms with Gasteiger partial charge in [0, 0.05) is 21.5 Å². The zero-order valence-electron chi connectivity index (χ0n) is 16.1. The summed E-state index contributed by atoms with van der Waals surface area (Å²) in [5, 5.41) is 6.15. The molecule has 0 N–H and O–H groups in total. The number of hydrogen-bond donors (Lipinski definition) is 0. The van der Waals surface area contributed by atoms with Crippen LogP contribution >= 0.6 is 115 Å². The molecule has 0 fully saturated rings. The lowest BCUT2D eigenvalue weighted by Crippen LogP contribution is -1.66. The molecule has 30 heavy (non-hydrogen) atoms. The van der Waals surface area contributed by atoms with Gasteiger partial charge in [-0.15, -0.1) is 115 Å². The summed E-state index contributed by atoms with van der Waals surface area (Å²) in [4.78, 5) is 0. The Morgan fingerprint density at radius 2 is 0.567 bits per heavy atom. The van der Waals surface area contributed by atoms with Gasteiger partial charge < -0.3 is 0 Å². The lowest BCUT2D eigenvalue weighted by Gasteiger charge is -1.94. The molecule has 0 radical (unpaired) electrons. The van der Waals surface area contributed by atoms with Gasteiger partial charge in [0.25, 0.3) is 0 Å². The fourth-order valence-corrected chi connectivity index (χ4v) is 16.5. The maximum Gasteiger partial charge on any atom is 0.0782 e. The van der Waals surface area contributed by atoms with Gasteiger partial charge in [-0.25, -0.2) is 0 Å². The first-order chi connectivity index (χ1) is 14.7. The summed E-state index contributed by atoms with van der Waals surface area (Å²) in [6.45, 7) is 0. The minimum absolute atomic E-state index is 1.48. The molecule has 0 saturated heterocycles. The van der Waals surface area contributed by atoms with Gasteiger partial charge >= 0.3 is 0 Å². The molecule has 0 aliphatic rings. The highest BCUT2D eigenvalue weighted by Gasteiger charge is 2.28. The Morgan fingerprint density at radius 3 is 0.767 bits per heavy atom. The van der Waals surface area contributed by atoms with Gasteiger partial charge in [-0.1, -0.05) is 0 Å². The minimum atomic E-state index is 1.48. The van der Waals surface area contributed by atoms with E-state index in [0.29, 0.717) is 0 Å². The molecule has 0 unspecified atom stereocenters.